The molecule has 8 nitrogen and oxygen atoms in total. The van der Waals surface area contributed by atoms with Crippen LogP contribution in [0.15, 0.2) is 60.7 Å². The van der Waals surface area contributed by atoms with Gasteiger partial charge in [-0.15, -0.1) is 0 Å². The molecule has 0 fully saturated rings. The molecule has 2 rings (SSSR count). The highest BCUT2D eigenvalue weighted by molar-refractivity contribution is 7.51. The molecule has 1 amide bonds. The van der Waals surface area contributed by atoms with Crippen LogP contribution in [0.2, 0.25) is 0 Å². The summed E-state index contributed by atoms with van der Waals surface area (Å²) in [6, 6.07) is 14.5. The van der Waals surface area contributed by atoms with Crippen molar-refractivity contribution in [3.05, 3.63) is 66.2 Å². The van der Waals surface area contributed by atoms with Gasteiger partial charge in [-0.25, -0.2) is 4.57 Å². The molecule has 0 bridgehead atoms. The van der Waals surface area contributed by atoms with Crippen LogP contribution in [-0.2, 0) is 20.6 Å². The second-order valence-corrected chi connectivity index (χ2v) is 7.35. The van der Waals surface area contributed by atoms with E-state index in [0.29, 0.717) is 0 Å². The first-order valence-electron chi connectivity index (χ1n) is 8.19. The maximum atomic E-state index is 12.5. The zero-order valence-corrected chi connectivity index (χ0v) is 15.5. The van der Waals surface area contributed by atoms with Crippen LogP contribution in [0, 0.1) is 0 Å². The maximum absolute atomic E-state index is 12.5. The molecule has 0 aliphatic carbocycles. The normalized spacial score (nSPS) is 15.2. The van der Waals surface area contributed by atoms with Crippen molar-refractivity contribution >= 4 is 19.6 Å². The highest BCUT2D eigenvalue weighted by Crippen LogP contribution is 2.39. The van der Waals surface area contributed by atoms with Crippen molar-refractivity contribution in [1.29, 1.82) is 0 Å². The van der Waals surface area contributed by atoms with E-state index in [9.17, 15) is 19.0 Å². The number of nitrogens with one attached hydrogen (secondary N) is 2. The van der Waals surface area contributed by atoms with E-state index in [1.54, 1.807) is 48.5 Å². The summed E-state index contributed by atoms with van der Waals surface area (Å²) in [4.78, 5) is 33.6. The molecule has 144 valence electrons. The van der Waals surface area contributed by atoms with Gasteiger partial charge in [0.1, 0.15) is 17.8 Å². The van der Waals surface area contributed by atoms with Crippen LogP contribution in [0.1, 0.15) is 12.5 Å². The van der Waals surface area contributed by atoms with E-state index in [1.807, 2.05) is 0 Å². The summed E-state index contributed by atoms with van der Waals surface area (Å²) >= 11 is 0. The Labute approximate surface area is 156 Å². The number of carboxylic acids is 1. The molecule has 0 aliphatic rings. The number of carbonyl (C=O) groups is 2. The van der Waals surface area contributed by atoms with Gasteiger partial charge in [-0.3, -0.25) is 9.59 Å². The van der Waals surface area contributed by atoms with Gasteiger partial charge in [0.25, 0.3) is 0 Å². The Kier molecular flexibility index (Phi) is 7.12. The minimum Gasteiger partial charge on any atom is -0.480 e. The minimum absolute atomic E-state index is 0.0711. The van der Waals surface area contributed by atoms with Gasteiger partial charge in [0.05, 0.1) is 0 Å². The molecule has 4 N–H and O–H groups in total. The SMILES string of the molecule is C[C@@H](NC(=O)[C@H](Cc1ccccc1)NP(=O)(O)Oc1ccccc1)C(=O)O. The number of amides is 1. The molecule has 0 aromatic heterocycles. The number of rotatable bonds is 9. The maximum Gasteiger partial charge on any atom is 0.456 e. The Morgan fingerprint density at radius 2 is 1.63 bits per heavy atom. The van der Waals surface area contributed by atoms with E-state index < -0.39 is 31.7 Å². The molecule has 2 aromatic carbocycles. The number of benzene rings is 2. The van der Waals surface area contributed by atoms with E-state index in [-0.39, 0.29) is 12.2 Å². The highest BCUT2D eigenvalue weighted by Gasteiger charge is 2.31. The summed E-state index contributed by atoms with van der Waals surface area (Å²) in [7, 11) is -4.39. The lowest BCUT2D eigenvalue weighted by molar-refractivity contribution is -0.141. The molecule has 0 radical (unpaired) electrons. The molecule has 0 spiro atoms. The van der Waals surface area contributed by atoms with Gasteiger partial charge >= 0.3 is 13.7 Å². The van der Waals surface area contributed by atoms with Crippen LogP contribution in [-0.4, -0.2) is 34.0 Å². The number of hydrogen-bond acceptors (Lipinski definition) is 4. The molecule has 0 saturated heterocycles. The fourth-order valence-corrected chi connectivity index (χ4v) is 3.33. The molecule has 2 aromatic rings. The van der Waals surface area contributed by atoms with E-state index in [2.05, 4.69) is 10.4 Å². The lowest BCUT2D eigenvalue weighted by Crippen LogP contribution is -2.49. The second-order valence-electron chi connectivity index (χ2n) is 5.86. The van der Waals surface area contributed by atoms with E-state index in [1.165, 1.54) is 19.1 Å². The molecule has 0 aliphatic heterocycles. The van der Waals surface area contributed by atoms with Crippen LogP contribution in [0.4, 0.5) is 0 Å². The van der Waals surface area contributed by atoms with Gasteiger partial charge in [0.2, 0.25) is 5.91 Å². The molecular weight excluding hydrogens is 371 g/mol. The van der Waals surface area contributed by atoms with Crippen LogP contribution in [0.5, 0.6) is 5.75 Å². The van der Waals surface area contributed by atoms with Gasteiger partial charge in [-0.1, -0.05) is 48.5 Å². The first-order valence-corrected chi connectivity index (χ1v) is 9.77. The Morgan fingerprint density at radius 1 is 1.07 bits per heavy atom. The number of carbonyl (C=O) groups excluding carboxylic acids is 1. The van der Waals surface area contributed by atoms with Crippen molar-refractivity contribution in [2.45, 2.75) is 25.4 Å². The molecule has 9 heteroatoms. The molecule has 1 unspecified atom stereocenters. The largest absolute Gasteiger partial charge is 0.480 e. The van der Waals surface area contributed by atoms with Crippen molar-refractivity contribution in [2.24, 2.45) is 0 Å². The third kappa shape index (κ3) is 6.86. The second kappa shape index (κ2) is 9.32. The quantitative estimate of drug-likeness (QED) is 0.481. The molecule has 27 heavy (non-hydrogen) atoms. The highest BCUT2D eigenvalue weighted by atomic mass is 31.2. The average Bonchev–Trinajstić information content (AvgIpc) is 2.62. The Balaban J connectivity index is 2.16. The standard InChI is InChI=1S/C18H21N2O6P/c1-13(18(22)23)19-17(21)16(12-14-8-4-2-5-9-14)20-27(24,25)26-15-10-6-3-7-11-15/h2-11,13,16H,12H2,1H3,(H,19,21)(H,22,23)(H2,20,24,25)/t13-,16+/m1/s1. The zero-order valence-electron chi connectivity index (χ0n) is 14.6. The fraction of sp³-hybridized carbons (Fsp3) is 0.222. The lowest BCUT2D eigenvalue weighted by atomic mass is 10.1. The summed E-state index contributed by atoms with van der Waals surface area (Å²) in [6.45, 7) is 1.30. The first-order chi connectivity index (χ1) is 12.8. The lowest BCUT2D eigenvalue weighted by Gasteiger charge is -2.23. The number of aliphatic carboxylic acids is 1. The molecular formula is C18H21N2O6P. The van der Waals surface area contributed by atoms with Crippen LogP contribution in [0.25, 0.3) is 0 Å². The van der Waals surface area contributed by atoms with E-state index >= 15 is 0 Å². The zero-order chi connectivity index (χ0) is 19.9. The van der Waals surface area contributed by atoms with Gasteiger partial charge in [-0.2, -0.15) is 5.09 Å². The fourth-order valence-electron chi connectivity index (χ4n) is 2.27. The number of para-hydroxylation sites is 1. The van der Waals surface area contributed by atoms with Crippen molar-refractivity contribution in [2.75, 3.05) is 0 Å². The van der Waals surface area contributed by atoms with Gasteiger partial charge in [0.15, 0.2) is 0 Å². The van der Waals surface area contributed by atoms with Gasteiger partial charge in [0, 0.05) is 0 Å². The van der Waals surface area contributed by atoms with Crippen molar-refractivity contribution in [3.8, 4) is 5.75 Å². The summed E-state index contributed by atoms with van der Waals surface area (Å²) in [5.41, 5.74) is 0.729. The minimum atomic E-state index is -4.39. The monoisotopic (exact) mass is 392 g/mol. The summed E-state index contributed by atoms with van der Waals surface area (Å²) in [5.74, 6) is -1.78. The van der Waals surface area contributed by atoms with Gasteiger partial charge < -0.3 is 19.8 Å². The Hall–Kier alpha value is -2.67. The third-order valence-corrected chi connectivity index (χ3v) is 4.72. The summed E-state index contributed by atoms with van der Waals surface area (Å²) < 4.78 is 17.5. The Bertz CT molecular complexity index is 815. The number of carboxylic acid groups (broad SMARTS) is 1. The molecule has 0 heterocycles. The van der Waals surface area contributed by atoms with Crippen LogP contribution < -0.4 is 14.9 Å². The van der Waals surface area contributed by atoms with Crippen molar-refractivity contribution in [3.63, 3.8) is 0 Å². The summed E-state index contributed by atoms with van der Waals surface area (Å²) in [6.07, 6.45) is 0.0711. The predicted molar refractivity (Wildman–Crippen MR) is 99.2 cm³/mol. The average molecular weight is 392 g/mol. The van der Waals surface area contributed by atoms with E-state index in [0.717, 1.165) is 5.56 Å². The molecule has 3 atom stereocenters. The van der Waals surface area contributed by atoms with Crippen LogP contribution in [0.3, 0.4) is 0 Å². The molecule has 0 saturated carbocycles. The van der Waals surface area contributed by atoms with Crippen molar-refractivity contribution in [1.82, 2.24) is 10.4 Å². The Morgan fingerprint density at radius 3 is 2.19 bits per heavy atom. The summed E-state index contributed by atoms with van der Waals surface area (Å²) in [5, 5.41) is 13.6. The number of hydrogen-bond donors (Lipinski definition) is 4. The third-order valence-electron chi connectivity index (χ3n) is 3.62. The smallest absolute Gasteiger partial charge is 0.456 e. The van der Waals surface area contributed by atoms with Gasteiger partial charge in [-0.05, 0) is 31.0 Å². The predicted octanol–water partition coefficient (Wildman–Crippen LogP) is 1.96. The topological polar surface area (TPSA) is 125 Å². The van der Waals surface area contributed by atoms with Crippen molar-refractivity contribution < 1.29 is 28.7 Å². The van der Waals surface area contributed by atoms with E-state index in [4.69, 9.17) is 9.63 Å². The first kappa shape index (κ1) is 20.6. The van der Waals surface area contributed by atoms with Crippen LogP contribution >= 0.6 is 7.75 Å².